The first-order valence-corrected chi connectivity index (χ1v) is 6.04. The van der Waals surface area contributed by atoms with Crippen LogP contribution in [0.1, 0.15) is 44.6 Å². The summed E-state index contributed by atoms with van der Waals surface area (Å²) >= 11 is 0. The molecule has 1 saturated carbocycles. The number of fused-ring (bicyclic) bond motifs is 3. The van der Waals surface area contributed by atoms with Gasteiger partial charge in [0.25, 0.3) is 0 Å². The second kappa shape index (κ2) is 3.19. The van der Waals surface area contributed by atoms with Crippen LogP contribution in [0.25, 0.3) is 0 Å². The SMILES string of the molecule is CCC12CCCCC1=Nc1ccccc12. The van der Waals surface area contributed by atoms with Crippen molar-refractivity contribution in [2.75, 3.05) is 0 Å². The maximum atomic E-state index is 4.83. The maximum absolute atomic E-state index is 4.83. The summed E-state index contributed by atoms with van der Waals surface area (Å²) < 4.78 is 0. The molecule has 1 unspecified atom stereocenters. The van der Waals surface area contributed by atoms with Crippen LogP contribution in [0.3, 0.4) is 0 Å². The molecule has 1 aliphatic heterocycles. The fraction of sp³-hybridized carbons (Fsp3) is 0.500. The molecule has 0 radical (unpaired) electrons. The summed E-state index contributed by atoms with van der Waals surface area (Å²) in [6.07, 6.45) is 6.42. The molecule has 15 heavy (non-hydrogen) atoms. The van der Waals surface area contributed by atoms with Crippen LogP contribution in [0.4, 0.5) is 5.69 Å². The van der Waals surface area contributed by atoms with Gasteiger partial charge in [0, 0.05) is 11.1 Å². The van der Waals surface area contributed by atoms with E-state index in [0.29, 0.717) is 5.41 Å². The Morgan fingerprint density at radius 3 is 3.00 bits per heavy atom. The lowest BCUT2D eigenvalue weighted by Crippen LogP contribution is -2.35. The molecule has 0 amide bonds. The van der Waals surface area contributed by atoms with E-state index in [2.05, 4.69) is 31.2 Å². The predicted octanol–water partition coefficient (Wildman–Crippen LogP) is 3.99. The maximum Gasteiger partial charge on any atom is 0.0670 e. The Hall–Kier alpha value is -1.11. The molecular weight excluding hydrogens is 182 g/mol. The van der Waals surface area contributed by atoms with Crippen LogP contribution in [0.2, 0.25) is 0 Å². The summed E-state index contributed by atoms with van der Waals surface area (Å²) in [7, 11) is 0. The molecule has 0 aromatic heterocycles. The van der Waals surface area contributed by atoms with Gasteiger partial charge >= 0.3 is 0 Å². The van der Waals surface area contributed by atoms with E-state index in [1.165, 1.54) is 49.1 Å². The summed E-state index contributed by atoms with van der Waals surface area (Å²) in [5, 5.41) is 0. The Bertz CT molecular complexity index is 419. The highest BCUT2D eigenvalue weighted by Crippen LogP contribution is 2.48. The highest BCUT2D eigenvalue weighted by atomic mass is 14.8. The average molecular weight is 199 g/mol. The minimum Gasteiger partial charge on any atom is -0.257 e. The van der Waals surface area contributed by atoms with Gasteiger partial charge in [0.15, 0.2) is 0 Å². The summed E-state index contributed by atoms with van der Waals surface area (Å²) in [4.78, 5) is 4.83. The van der Waals surface area contributed by atoms with Gasteiger partial charge in [-0.15, -0.1) is 0 Å². The van der Waals surface area contributed by atoms with Crippen LogP contribution in [0.15, 0.2) is 29.3 Å². The topological polar surface area (TPSA) is 12.4 Å². The zero-order valence-corrected chi connectivity index (χ0v) is 9.29. The van der Waals surface area contributed by atoms with Gasteiger partial charge in [-0.2, -0.15) is 0 Å². The molecule has 3 rings (SSSR count). The molecule has 1 heteroatoms. The van der Waals surface area contributed by atoms with Crippen LogP contribution in [0, 0.1) is 0 Å². The summed E-state index contributed by atoms with van der Waals surface area (Å²) in [5.74, 6) is 0. The lowest BCUT2D eigenvalue weighted by Gasteiger charge is -2.34. The monoisotopic (exact) mass is 199 g/mol. The summed E-state index contributed by atoms with van der Waals surface area (Å²) in [6, 6.07) is 8.70. The molecule has 0 bridgehead atoms. The number of benzene rings is 1. The second-order valence-corrected chi connectivity index (χ2v) is 4.72. The van der Waals surface area contributed by atoms with Crippen molar-refractivity contribution in [3.63, 3.8) is 0 Å². The number of hydrogen-bond donors (Lipinski definition) is 0. The molecule has 1 fully saturated rings. The van der Waals surface area contributed by atoms with Gasteiger partial charge in [0.05, 0.1) is 5.69 Å². The van der Waals surface area contributed by atoms with Crippen LogP contribution in [0.5, 0.6) is 0 Å². The Kier molecular flexibility index (Phi) is 1.95. The van der Waals surface area contributed by atoms with E-state index in [9.17, 15) is 0 Å². The van der Waals surface area contributed by atoms with Gasteiger partial charge in [-0.1, -0.05) is 31.5 Å². The molecule has 0 N–H and O–H groups in total. The largest absolute Gasteiger partial charge is 0.257 e. The van der Waals surface area contributed by atoms with Gasteiger partial charge in [-0.3, -0.25) is 4.99 Å². The van der Waals surface area contributed by atoms with E-state index in [4.69, 9.17) is 4.99 Å². The van der Waals surface area contributed by atoms with Crippen molar-refractivity contribution in [2.24, 2.45) is 4.99 Å². The van der Waals surface area contributed by atoms with Crippen molar-refractivity contribution < 1.29 is 0 Å². The number of hydrogen-bond acceptors (Lipinski definition) is 1. The smallest absolute Gasteiger partial charge is 0.0670 e. The van der Waals surface area contributed by atoms with E-state index in [1.807, 2.05) is 0 Å². The van der Waals surface area contributed by atoms with Crippen LogP contribution in [-0.4, -0.2) is 5.71 Å². The normalized spacial score (nSPS) is 28.2. The second-order valence-electron chi connectivity index (χ2n) is 4.72. The molecule has 0 saturated heterocycles. The van der Waals surface area contributed by atoms with Crippen LogP contribution in [-0.2, 0) is 5.41 Å². The number of nitrogens with zero attached hydrogens (tertiary/aromatic N) is 1. The van der Waals surface area contributed by atoms with Crippen molar-refractivity contribution in [2.45, 2.75) is 44.4 Å². The molecule has 1 aliphatic carbocycles. The van der Waals surface area contributed by atoms with Gasteiger partial charge in [0.1, 0.15) is 0 Å². The molecule has 1 aromatic rings. The molecule has 1 aromatic carbocycles. The van der Waals surface area contributed by atoms with Crippen molar-refractivity contribution in [1.82, 2.24) is 0 Å². The third-order valence-electron chi connectivity index (χ3n) is 4.10. The summed E-state index contributed by atoms with van der Waals surface area (Å²) in [6.45, 7) is 2.31. The molecule has 2 aliphatic rings. The average Bonchev–Trinajstić information content (AvgIpc) is 2.64. The lowest BCUT2D eigenvalue weighted by atomic mass is 9.67. The molecular formula is C14H17N. The quantitative estimate of drug-likeness (QED) is 0.648. The van der Waals surface area contributed by atoms with Crippen LogP contribution >= 0.6 is 0 Å². The first-order chi connectivity index (χ1) is 7.37. The molecule has 1 heterocycles. The predicted molar refractivity (Wildman–Crippen MR) is 64.0 cm³/mol. The Balaban J connectivity index is 2.18. The van der Waals surface area contributed by atoms with Crippen molar-refractivity contribution >= 4 is 11.4 Å². The first kappa shape index (κ1) is 9.14. The Labute approximate surface area is 91.2 Å². The number of aliphatic imine (C=N–C) groups is 1. The van der Waals surface area contributed by atoms with Crippen molar-refractivity contribution in [3.8, 4) is 0 Å². The van der Waals surface area contributed by atoms with Gasteiger partial charge in [0.2, 0.25) is 0 Å². The lowest BCUT2D eigenvalue weighted by molar-refractivity contribution is 0.450. The number of rotatable bonds is 1. The standard InChI is InChI=1S/C14H17N/c1-2-14-10-6-5-9-13(14)15-12-8-4-3-7-11(12)14/h3-4,7-8H,2,5-6,9-10H2,1H3. The van der Waals surface area contributed by atoms with Crippen molar-refractivity contribution in [3.05, 3.63) is 29.8 Å². The van der Waals surface area contributed by atoms with Crippen molar-refractivity contribution in [1.29, 1.82) is 0 Å². The third kappa shape index (κ3) is 1.12. The van der Waals surface area contributed by atoms with E-state index in [1.54, 1.807) is 0 Å². The molecule has 1 nitrogen and oxygen atoms in total. The third-order valence-corrected chi connectivity index (χ3v) is 4.10. The van der Waals surface area contributed by atoms with E-state index in [-0.39, 0.29) is 0 Å². The van der Waals surface area contributed by atoms with Gasteiger partial charge in [-0.05, 0) is 37.3 Å². The fourth-order valence-corrected chi connectivity index (χ4v) is 3.25. The zero-order chi connectivity index (χ0) is 10.3. The fourth-order valence-electron chi connectivity index (χ4n) is 3.25. The Morgan fingerprint density at radius 1 is 1.27 bits per heavy atom. The number of para-hydroxylation sites is 1. The molecule has 0 spiro atoms. The minimum absolute atomic E-state index is 0.314. The van der Waals surface area contributed by atoms with E-state index >= 15 is 0 Å². The van der Waals surface area contributed by atoms with Crippen LogP contribution < -0.4 is 0 Å². The highest BCUT2D eigenvalue weighted by molar-refractivity contribution is 6.02. The van der Waals surface area contributed by atoms with E-state index in [0.717, 1.165) is 0 Å². The van der Waals surface area contributed by atoms with Gasteiger partial charge in [-0.25, -0.2) is 0 Å². The summed E-state index contributed by atoms with van der Waals surface area (Å²) in [5.41, 5.74) is 4.49. The molecule has 1 atom stereocenters. The van der Waals surface area contributed by atoms with E-state index < -0.39 is 0 Å². The minimum atomic E-state index is 0.314. The first-order valence-electron chi connectivity index (χ1n) is 6.04. The highest BCUT2D eigenvalue weighted by Gasteiger charge is 2.42. The Morgan fingerprint density at radius 2 is 2.13 bits per heavy atom. The van der Waals surface area contributed by atoms with Gasteiger partial charge < -0.3 is 0 Å². The zero-order valence-electron chi connectivity index (χ0n) is 9.29. The molecule has 78 valence electrons.